The van der Waals surface area contributed by atoms with Crippen LogP contribution in [0.4, 0.5) is 5.69 Å². The quantitative estimate of drug-likeness (QED) is 0.367. The smallest absolute Gasteiger partial charge is 0.270 e. The second-order valence-electron chi connectivity index (χ2n) is 6.23. The standard InChI is InChI=1S/C19H14N4O5/c24-18-14-7-1-2-8-15(14)19(25)22(18)10-4-9-16-20-17(21-28-16)12-5-3-6-13(11-12)23(26)27/h1-3,5-8,11H,4,9-10H2. The number of fused-ring (bicyclic) bond motifs is 1. The fourth-order valence-corrected chi connectivity index (χ4v) is 3.06. The molecule has 0 atom stereocenters. The van der Waals surface area contributed by atoms with Crippen molar-refractivity contribution in [3.05, 3.63) is 75.7 Å². The number of nitro groups is 1. The number of hydrogen-bond acceptors (Lipinski definition) is 7. The number of imide groups is 1. The molecule has 2 amide bonds. The van der Waals surface area contributed by atoms with Crippen molar-refractivity contribution < 1.29 is 19.0 Å². The Hall–Kier alpha value is -3.88. The Morgan fingerprint density at radius 2 is 1.75 bits per heavy atom. The largest absolute Gasteiger partial charge is 0.339 e. The second-order valence-corrected chi connectivity index (χ2v) is 6.23. The van der Waals surface area contributed by atoms with Gasteiger partial charge in [0.15, 0.2) is 0 Å². The molecule has 0 spiro atoms. The maximum absolute atomic E-state index is 12.3. The van der Waals surface area contributed by atoms with E-state index in [-0.39, 0.29) is 29.9 Å². The van der Waals surface area contributed by atoms with Gasteiger partial charge in [0.1, 0.15) is 0 Å². The molecule has 28 heavy (non-hydrogen) atoms. The van der Waals surface area contributed by atoms with Crippen LogP contribution in [-0.4, -0.2) is 38.3 Å². The molecule has 0 fully saturated rings. The Kier molecular flexibility index (Phi) is 4.40. The first-order valence-electron chi connectivity index (χ1n) is 8.57. The van der Waals surface area contributed by atoms with E-state index < -0.39 is 4.92 Å². The van der Waals surface area contributed by atoms with Crippen LogP contribution in [0.5, 0.6) is 0 Å². The number of aryl methyl sites for hydroxylation is 1. The summed E-state index contributed by atoms with van der Waals surface area (Å²) in [5.41, 5.74) is 1.25. The molecule has 4 rings (SSSR count). The van der Waals surface area contributed by atoms with Gasteiger partial charge in [-0.05, 0) is 18.6 Å². The lowest BCUT2D eigenvalue weighted by atomic mass is 10.1. The van der Waals surface area contributed by atoms with Crippen LogP contribution in [0.3, 0.4) is 0 Å². The minimum atomic E-state index is -0.493. The lowest BCUT2D eigenvalue weighted by molar-refractivity contribution is -0.384. The zero-order valence-electron chi connectivity index (χ0n) is 14.6. The van der Waals surface area contributed by atoms with Gasteiger partial charge in [-0.3, -0.25) is 24.6 Å². The number of amides is 2. The Bertz CT molecular complexity index is 1060. The SMILES string of the molecule is O=C1c2ccccc2C(=O)N1CCCc1nc(-c2cccc([N+](=O)[O-])c2)no1. The zero-order chi connectivity index (χ0) is 19.7. The highest BCUT2D eigenvalue weighted by Crippen LogP contribution is 2.24. The molecule has 1 aliphatic rings. The number of carbonyl (C=O) groups excluding carboxylic acids is 2. The first kappa shape index (κ1) is 17.5. The number of hydrogen-bond donors (Lipinski definition) is 0. The average Bonchev–Trinajstić information content (AvgIpc) is 3.27. The molecule has 0 unspecified atom stereocenters. The van der Waals surface area contributed by atoms with Crippen molar-refractivity contribution in [3.63, 3.8) is 0 Å². The van der Waals surface area contributed by atoms with E-state index >= 15 is 0 Å². The summed E-state index contributed by atoms with van der Waals surface area (Å²) in [5, 5.41) is 14.7. The van der Waals surface area contributed by atoms with E-state index in [2.05, 4.69) is 10.1 Å². The number of non-ortho nitro benzene ring substituents is 1. The Labute approximate surface area is 158 Å². The van der Waals surface area contributed by atoms with Crippen molar-refractivity contribution in [3.8, 4) is 11.4 Å². The van der Waals surface area contributed by atoms with Crippen molar-refractivity contribution in [1.29, 1.82) is 0 Å². The fourth-order valence-electron chi connectivity index (χ4n) is 3.06. The molecule has 0 saturated carbocycles. The van der Waals surface area contributed by atoms with Crippen molar-refractivity contribution in [2.75, 3.05) is 6.54 Å². The van der Waals surface area contributed by atoms with E-state index in [0.717, 1.165) is 0 Å². The molecule has 0 saturated heterocycles. The molecular formula is C19H14N4O5. The van der Waals surface area contributed by atoms with E-state index in [1.54, 1.807) is 36.4 Å². The molecule has 2 aromatic carbocycles. The number of nitro benzene ring substituents is 1. The topological polar surface area (TPSA) is 119 Å². The molecule has 0 radical (unpaired) electrons. The van der Waals surface area contributed by atoms with Gasteiger partial charge in [0.2, 0.25) is 11.7 Å². The van der Waals surface area contributed by atoms with Crippen LogP contribution in [0, 0.1) is 10.1 Å². The molecule has 1 aromatic heterocycles. The second kappa shape index (κ2) is 7.03. The number of nitrogens with zero attached hydrogens (tertiary/aromatic N) is 4. The summed E-state index contributed by atoms with van der Waals surface area (Å²) in [6.07, 6.45) is 0.831. The van der Waals surface area contributed by atoms with Gasteiger partial charge in [-0.1, -0.05) is 29.4 Å². The summed E-state index contributed by atoms with van der Waals surface area (Å²) >= 11 is 0. The van der Waals surface area contributed by atoms with Crippen LogP contribution in [0.1, 0.15) is 33.0 Å². The van der Waals surface area contributed by atoms with E-state index in [9.17, 15) is 19.7 Å². The molecule has 2 heterocycles. The Balaban J connectivity index is 1.40. The molecule has 140 valence electrons. The summed E-state index contributed by atoms with van der Waals surface area (Å²) in [6.45, 7) is 0.237. The Morgan fingerprint density at radius 3 is 2.43 bits per heavy atom. The first-order chi connectivity index (χ1) is 13.5. The molecule has 0 N–H and O–H groups in total. The number of carbonyl (C=O) groups is 2. The molecule has 0 aliphatic carbocycles. The summed E-state index contributed by atoms with van der Waals surface area (Å²) in [4.78, 5) is 40.5. The van der Waals surface area contributed by atoms with Gasteiger partial charge in [-0.15, -0.1) is 0 Å². The number of rotatable bonds is 6. The molecule has 9 nitrogen and oxygen atoms in total. The van der Waals surface area contributed by atoms with E-state index in [0.29, 0.717) is 35.4 Å². The molecule has 3 aromatic rings. The van der Waals surface area contributed by atoms with E-state index in [1.807, 2.05) is 0 Å². The van der Waals surface area contributed by atoms with Gasteiger partial charge in [0, 0.05) is 30.7 Å². The highest BCUT2D eigenvalue weighted by Gasteiger charge is 2.34. The third-order valence-electron chi connectivity index (χ3n) is 4.43. The minimum Gasteiger partial charge on any atom is -0.339 e. The lowest BCUT2D eigenvalue weighted by Crippen LogP contribution is -2.30. The zero-order valence-corrected chi connectivity index (χ0v) is 14.6. The summed E-state index contributed by atoms with van der Waals surface area (Å²) in [5.74, 6) is -0.0237. The first-order valence-corrected chi connectivity index (χ1v) is 8.57. The van der Waals surface area contributed by atoms with Gasteiger partial charge in [0.25, 0.3) is 17.5 Å². The van der Waals surface area contributed by atoms with Crippen molar-refractivity contribution in [2.24, 2.45) is 0 Å². The van der Waals surface area contributed by atoms with Gasteiger partial charge < -0.3 is 4.52 Å². The van der Waals surface area contributed by atoms with Gasteiger partial charge in [-0.25, -0.2) is 0 Å². The predicted molar refractivity (Wildman–Crippen MR) is 96.5 cm³/mol. The van der Waals surface area contributed by atoms with Crippen LogP contribution in [-0.2, 0) is 6.42 Å². The normalized spacial score (nSPS) is 13.1. The lowest BCUT2D eigenvalue weighted by Gasteiger charge is -2.12. The van der Waals surface area contributed by atoms with Gasteiger partial charge in [-0.2, -0.15) is 4.98 Å². The van der Waals surface area contributed by atoms with E-state index in [4.69, 9.17) is 4.52 Å². The van der Waals surface area contributed by atoms with Gasteiger partial charge in [0.05, 0.1) is 16.1 Å². The van der Waals surface area contributed by atoms with Gasteiger partial charge >= 0.3 is 0 Å². The highest BCUT2D eigenvalue weighted by molar-refractivity contribution is 6.21. The van der Waals surface area contributed by atoms with E-state index in [1.165, 1.54) is 17.0 Å². The van der Waals surface area contributed by atoms with Crippen molar-refractivity contribution in [1.82, 2.24) is 15.0 Å². The van der Waals surface area contributed by atoms with Crippen LogP contribution in [0.25, 0.3) is 11.4 Å². The monoisotopic (exact) mass is 378 g/mol. The molecular weight excluding hydrogens is 364 g/mol. The molecule has 0 bridgehead atoms. The molecule has 1 aliphatic heterocycles. The fraction of sp³-hybridized carbons (Fsp3) is 0.158. The highest BCUT2D eigenvalue weighted by atomic mass is 16.6. The molecule has 9 heteroatoms. The van der Waals surface area contributed by atoms with Crippen LogP contribution < -0.4 is 0 Å². The maximum atomic E-state index is 12.3. The summed E-state index contributed by atoms with van der Waals surface area (Å²) < 4.78 is 5.18. The third kappa shape index (κ3) is 3.13. The summed E-state index contributed by atoms with van der Waals surface area (Å²) in [7, 11) is 0. The van der Waals surface area contributed by atoms with Crippen LogP contribution in [0.2, 0.25) is 0 Å². The Morgan fingerprint density at radius 1 is 1.04 bits per heavy atom. The van der Waals surface area contributed by atoms with Crippen LogP contribution in [0.15, 0.2) is 53.1 Å². The van der Waals surface area contributed by atoms with Crippen molar-refractivity contribution in [2.45, 2.75) is 12.8 Å². The van der Waals surface area contributed by atoms with Crippen LogP contribution >= 0.6 is 0 Å². The minimum absolute atomic E-state index is 0.0607. The average molecular weight is 378 g/mol. The number of benzene rings is 2. The number of aromatic nitrogens is 2. The predicted octanol–water partition coefficient (Wildman–Crippen LogP) is 2.87. The van der Waals surface area contributed by atoms with Crippen molar-refractivity contribution >= 4 is 17.5 Å². The maximum Gasteiger partial charge on any atom is 0.270 e. The summed E-state index contributed by atoms with van der Waals surface area (Å²) in [6, 6.07) is 12.7. The third-order valence-corrected chi connectivity index (χ3v) is 4.43.